The van der Waals surface area contributed by atoms with Crippen LogP contribution in [-0.2, 0) is 11.2 Å². The first-order valence-corrected chi connectivity index (χ1v) is 5.94. The summed E-state index contributed by atoms with van der Waals surface area (Å²) in [5.74, 6) is -0.809. The van der Waals surface area contributed by atoms with E-state index in [9.17, 15) is 9.59 Å². The van der Waals surface area contributed by atoms with E-state index in [0.717, 1.165) is 16.8 Å². The van der Waals surface area contributed by atoms with Gasteiger partial charge >= 0.3 is 12.0 Å². The number of carboxylic acid groups (broad SMARTS) is 1. The minimum absolute atomic E-state index is 0.0894. The molecule has 5 heteroatoms. The fourth-order valence-corrected chi connectivity index (χ4v) is 2.05. The van der Waals surface area contributed by atoms with Gasteiger partial charge in [0, 0.05) is 25.2 Å². The normalized spacial score (nSPS) is 14.7. The third kappa shape index (κ3) is 2.61. The summed E-state index contributed by atoms with van der Waals surface area (Å²) in [5.41, 5.74) is 2.83. The van der Waals surface area contributed by atoms with E-state index in [0.29, 0.717) is 19.5 Å². The minimum Gasteiger partial charge on any atom is -0.481 e. The standard InChI is InChI=1S/C13H16N2O3/c1-9-2-3-10(4-5-12(16)17)8-11(9)15-7-6-14-13(15)18/h2-3,8H,4-7H2,1H3,(H,14,18)(H,16,17). The minimum atomic E-state index is -0.809. The molecule has 1 aliphatic heterocycles. The topological polar surface area (TPSA) is 69.6 Å². The summed E-state index contributed by atoms with van der Waals surface area (Å²) in [6.45, 7) is 3.25. The highest BCUT2D eigenvalue weighted by atomic mass is 16.4. The van der Waals surface area contributed by atoms with Gasteiger partial charge in [0.2, 0.25) is 0 Å². The van der Waals surface area contributed by atoms with E-state index < -0.39 is 5.97 Å². The first-order chi connectivity index (χ1) is 8.58. The summed E-state index contributed by atoms with van der Waals surface area (Å²) >= 11 is 0. The van der Waals surface area contributed by atoms with Crippen molar-refractivity contribution in [2.45, 2.75) is 19.8 Å². The number of aryl methyl sites for hydroxylation is 2. The molecule has 1 fully saturated rings. The Labute approximate surface area is 105 Å². The average molecular weight is 248 g/mol. The third-order valence-corrected chi connectivity index (χ3v) is 3.05. The van der Waals surface area contributed by atoms with Crippen LogP contribution < -0.4 is 10.2 Å². The van der Waals surface area contributed by atoms with Crippen molar-refractivity contribution < 1.29 is 14.7 Å². The molecule has 0 radical (unpaired) electrons. The molecule has 0 aromatic heterocycles. The van der Waals surface area contributed by atoms with Gasteiger partial charge in [0.15, 0.2) is 0 Å². The zero-order valence-electron chi connectivity index (χ0n) is 10.3. The van der Waals surface area contributed by atoms with Gasteiger partial charge in [0.25, 0.3) is 0 Å². The Bertz CT molecular complexity index is 485. The molecule has 96 valence electrons. The number of rotatable bonds is 4. The van der Waals surface area contributed by atoms with Crippen LogP contribution >= 0.6 is 0 Å². The number of nitrogens with zero attached hydrogens (tertiary/aromatic N) is 1. The number of nitrogens with one attached hydrogen (secondary N) is 1. The summed E-state index contributed by atoms with van der Waals surface area (Å²) in [6.07, 6.45) is 0.590. The number of carboxylic acids is 1. The molecule has 1 aliphatic rings. The summed E-state index contributed by atoms with van der Waals surface area (Å²) < 4.78 is 0. The first kappa shape index (κ1) is 12.4. The Balaban J connectivity index is 2.21. The number of amides is 2. The third-order valence-electron chi connectivity index (χ3n) is 3.05. The predicted octanol–water partition coefficient (Wildman–Crippen LogP) is 1.54. The van der Waals surface area contributed by atoms with Crippen LogP contribution in [0.2, 0.25) is 0 Å². The van der Waals surface area contributed by atoms with Crippen LogP contribution in [0.3, 0.4) is 0 Å². The summed E-state index contributed by atoms with van der Waals surface area (Å²) in [7, 11) is 0. The van der Waals surface area contributed by atoms with Crippen molar-refractivity contribution in [3.63, 3.8) is 0 Å². The highest BCUT2D eigenvalue weighted by Crippen LogP contribution is 2.23. The van der Waals surface area contributed by atoms with E-state index in [4.69, 9.17) is 5.11 Å². The predicted molar refractivity (Wildman–Crippen MR) is 67.9 cm³/mol. The molecule has 0 unspecified atom stereocenters. The van der Waals surface area contributed by atoms with Gasteiger partial charge in [0.1, 0.15) is 0 Å². The Morgan fingerprint density at radius 2 is 2.28 bits per heavy atom. The first-order valence-electron chi connectivity index (χ1n) is 5.94. The maximum absolute atomic E-state index is 11.6. The van der Waals surface area contributed by atoms with Crippen molar-refractivity contribution in [2.75, 3.05) is 18.0 Å². The fourth-order valence-electron chi connectivity index (χ4n) is 2.05. The molecule has 1 saturated heterocycles. The van der Waals surface area contributed by atoms with Gasteiger partial charge in [-0.1, -0.05) is 12.1 Å². The van der Waals surface area contributed by atoms with Crippen molar-refractivity contribution in [2.24, 2.45) is 0 Å². The summed E-state index contributed by atoms with van der Waals surface area (Å²) in [6, 6.07) is 5.66. The molecular formula is C13H16N2O3. The second-order valence-corrected chi connectivity index (χ2v) is 4.40. The van der Waals surface area contributed by atoms with Crippen LogP contribution in [0.1, 0.15) is 17.5 Å². The Morgan fingerprint density at radius 1 is 1.50 bits per heavy atom. The maximum Gasteiger partial charge on any atom is 0.322 e. The SMILES string of the molecule is Cc1ccc(CCC(=O)O)cc1N1CCNC1=O. The quantitative estimate of drug-likeness (QED) is 0.849. The maximum atomic E-state index is 11.6. The van der Waals surface area contributed by atoms with Crippen molar-refractivity contribution in [1.82, 2.24) is 5.32 Å². The zero-order valence-corrected chi connectivity index (χ0v) is 10.3. The molecule has 18 heavy (non-hydrogen) atoms. The molecule has 1 aromatic rings. The van der Waals surface area contributed by atoms with Crippen LogP contribution in [0.4, 0.5) is 10.5 Å². The van der Waals surface area contributed by atoms with Gasteiger partial charge in [0.05, 0.1) is 0 Å². The fraction of sp³-hybridized carbons (Fsp3) is 0.385. The molecule has 5 nitrogen and oxygen atoms in total. The molecule has 1 heterocycles. The zero-order chi connectivity index (χ0) is 13.1. The molecule has 0 bridgehead atoms. The van der Waals surface area contributed by atoms with Crippen LogP contribution in [0.15, 0.2) is 18.2 Å². The molecular weight excluding hydrogens is 232 g/mol. The van der Waals surface area contributed by atoms with Crippen molar-refractivity contribution in [3.8, 4) is 0 Å². The average Bonchev–Trinajstić information content (AvgIpc) is 2.74. The van der Waals surface area contributed by atoms with Crippen molar-refractivity contribution >= 4 is 17.7 Å². The summed E-state index contributed by atoms with van der Waals surface area (Å²) in [4.78, 5) is 23.9. The number of hydrogen-bond acceptors (Lipinski definition) is 2. The second-order valence-electron chi connectivity index (χ2n) is 4.40. The Kier molecular flexibility index (Phi) is 3.50. The molecule has 2 amide bonds. The van der Waals surface area contributed by atoms with Crippen LogP contribution in [0, 0.1) is 6.92 Å². The van der Waals surface area contributed by atoms with E-state index in [1.807, 2.05) is 25.1 Å². The monoisotopic (exact) mass is 248 g/mol. The summed E-state index contributed by atoms with van der Waals surface area (Å²) in [5, 5.41) is 11.4. The lowest BCUT2D eigenvalue weighted by Gasteiger charge is -2.18. The number of urea groups is 1. The number of benzene rings is 1. The largest absolute Gasteiger partial charge is 0.481 e. The van der Waals surface area contributed by atoms with Crippen LogP contribution in [-0.4, -0.2) is 30.2 Å². The lowest BCUT2D eigenvalue weighted by molar-refractivity contribution is -0.136. The number of anilines is 1. The molecule has 0 aliphatic carbocycles. The molecule has 0 atom stereocenters. The Hall–Kier alpha value is -2.04. The molecule has 2 N–H and O–H groups in total. The number of carbonyl (C=O) groups is 2. The van der Waals surface area contributed by atoms with E-state index in [2.05, 4.69) is 5.32 Å². The van der Waals surface area contributed by atoms with Gasteiger partial charge in [-0.15, -0.1) is 0 Å². The van der Waals surface area contributed by atoms with Crippen LogP contribution in [0.25, 0.3) is 0 Å². The van der Waals surface area contributed by atoms with E-state index in [1.54, 1.807) is 4.90 Å². The molecule has 0 saturated carbocycles. The van der Waals surface area contributed by atoms with Gasteiger partial charge in [-0.3, -0.25) is 9.69 Å². The lowest BCUT2D eigenvalue weighted by Crippen LogP contribution is -2.28. The smallest absolute Gasteiger partial charge is 0.322 e. The van der Waals surface area contributed by atoms with Crippen molar-refractivity contribution in [1.29, 1.82) is 0 Å². The van der Waals surface area contributed by atoms with Gasteiger partial charge < -0.3 is 10.4 Å². The van der Waals surface area contributed by atoms with E-state index in [-0.39, 0.29) is 12.5 Å². The highest BCUT2D eigenvalue weighted by Gasteiger charge is 2.22. The van der Waals surface area contributed by atoms with Crippen LogP contribution in [0.5, 0.6) is 0 Å². The number of hydrogen-bond donors (Lipinski definition) is 2. The number of aliphatic carboxylic acids is 1. The van der Waals surface area contributed by atoms with Gasteiger partial charge in [-0.05, 0) is 30.5 Å². The molecule has 2 rings (SSSR count). The lowest BCUT2D eigenvalue weighted by atomic mass is 10.1. The Morgan fingerprint density at radius 3 is 2.89 bits per heavy atom. The van der Waals surface area contributed by atoms with E-state index >= 15 is 0 Å². The van der Waals surface area contributed by atoms with E-state index in [1.165, 1.54) is 0 Å². The highest BCUT2D eigenvalue weighted by molar-refractivity contribution is 5.94. The van der Waals surface area contributed by atoms with Crippen molar-refractivity contribution in [3.05, 3.63) is 29.3 Å². The second kappa shape index (κ2) is 5.08. The molecule has 0 spiro atoms. The van der Waals surface area contributed by atoms with Gasteiger partial charge in [-0.2, -0.15) is 0 Å². The number of carbonyl (C=O) groups excluding carboxylic acids is 1. The van der Waals surface area contributed by atoms with Gasteiger partial charge in [-0.25, -0.2) is 4.79 Å². The molecule has 1 aromatic carbocycles.